The normalized spacial score (nSPS) is 12.8. The van der Waals surface area contributed by atoms with Crippen LogP contribution < -0.4 is 11.1 Å². The molecule has 0 aromatic heterocycles. The lowest BCUT2D eigenvalue weighted by atomic mass is 10.1. The molecule has 15 nitrogen and oxygen atoms in total. The van der Waals surface area contributed by atoms with Crippen LogP contribution in [-0.2, 0) is 30.4 Å². The fraction of sp³-hybridized carbons (Fsp3) is 0. The van der Waals surface area contributed by atoms with Crippen LogP contribution in [0.2, 0.25) is 0 Å². The second-order valence-corrected chi connectivity index (χ2v) is 11.0. The molecule has 3 aromatic carbocycles. The molecule has 0 fully saturated rings. The summed E-state index contributed by atoms with van der Waals surface area (Å²) in [7, 11) is -15.2. The SMILES string of the molecule is NC(=O)Nc1cc(O)ccc1N=Nc1cc2c(S(=O)(=O)O)cc(S(=O)(=O)O)cc2cc1S(=O)(=O)O. The van der Waals surface area contributed by atoms with Crippen LogP contribution >= 0.6 is 0 Å². The zero-order valence-electron chi connectivity index (χ0n) is 16.9. The van der Waals surface area contributed by atoms with Crippen molar-refractivity contribution in [2.75, 3.05) is 5.32 Å². The molecule has 0 heterocycles. The zero-order chi connectivity index (χ0) is 26.3. The largest absolute Gasteiger partial charge is 0.508 e. The summed E-state index contributed by atoms with van der Waals surface area (Å²) in [4.78, 5) is 8.21. The highest BCUT2D eigenvalue weighted by molar-refractivity contribution is 7.87. The first-order valence-electron chi connectivity index (χ1n) is 8.82. The average molecular weight is 547 g/mol. The third-order valence-electron chi connectivity index (χ3n) is 4.32. The first-order chi connectivity index (χ1) is 16.0. The number of carbonyl (C=O) groups excluding carboxylic acids is 1. The van der Waals surface area contributed by atoms with Crippen LogP contribution in [0.3, 0.4) is 0 Å². The van der Waals surface area contributed by atoms with E-state index in [0.717, 1.165) is 24.3 Å². The summed E-state index contributed by atoms with van der Waals surface area (Å²) in [6, 6.07) is 4.82. The number of benzene rings is 3. The first-order valence-corrected chi connectivity index (χ1v) is 13.1. The molecule has 0 aliphatic carbocycles. The lowest BCUT2D eigenvalue weighted by Crippen LogP contribution is -2.19. The van der Waals surface area contributed by atoms with E-state index >= 15 is 0 Å². The van der Waals surface area contributed by atoms with Crippen molar-refractivity contribution < 1.29 is 48.8 Å². The van der Waals surface area contributed by atoms with Crippen molar-refractivity contribution >= 4 is 64.2 Å². The minimum Gasteiger partial charge on any atom is -0.508 e. The Balaban J connectivity index is 2.35. The van der Waals surface area contributed by atoms with Crippen molar-refractivity contribution in [1.29, 1.82) is 0 Å². The van der Waals surface area contributed by atoms with Gasteiger partial charge in [0.2, 0.25) is 0 Å². The number of carbonyl (C=O) groups is 1. The van der Waals surface area contributed by atoms with Crippen molar-refractivity contribution in [3.63, 3.8) is 0 Å². The molecule has 2 amide bonds. The Hall–Kier alpha value is -3.68. The molecule has 0 aliphatic rings. The Bertz CT molecular complexity index is 1730. The molecule has 7 N–H and O–H groups in total. The van der Waals surface area contributed by atoms with E-state index < -0.39 is 67.5 Å². The molecule has 0 spiro atoms. The molecule has 3 rings (SSSR count). The third kappa shape index (κ3) is 5.88. The fourth-order valence-corrected chi connectivity index (χ4v) is 4.91. The van der Waals surface area contributed by atoms with Crippen LogP contribution in [-0.4, -0.2) is 50.0 Å². The van der Waals surface area contributed by atoms with Crippen molar-refractivity contribution in [2.45, 2.75) is 14.7 Å². The van der Waals surface area contributed by atoms with Gasteiger partial charge in [-0.1, -0.05) is 0 Å². The van der Waals surface area contributed by atoms with Gasteiger partial charge in [0.15, 0.2) is 0 Å². The summed E-state index contributed by atoms with van der Waals surface area (Å²) in [5.74, 6) is -0.301. The number of rotatable bonds is 6. The molecular formula is C17H14N4O11S3. The van der Waals surface area contributed by atoms with Crippen molar-refractivity contribution in [1.82, 2.24) is 0 Å². The zero-order valence-corrected chi connectivity index (χ0v) is 19.3. The van der Waals surface area contributed by atoms with Gasteiger partial charge in [-0.3, -0.25) is 13.7 Å². The van der Waals surface area contributed by atoms with Gasteiger partial charge in [-0.05, 0) is 41.8 Å². The van der Waals surface area contributed by atoms with E-state index in [1.165, 1.54) is 0 Å². The quantitative estimate of drug-likeness (QED) is 0.193. The standard InChI is InChI=1S/C17H14N4O11S3/c18-17(23)19-13-5-9(22)1-2-12(13)20-21-14-7-11-8(4-16(14)35(30,31)32)3-10(33(24,25)26)6-15(11)34(27,28)29/h1-7,22H,(H3,18,19,23)(H,24,25,26)(H,27,28,29)(H,30,31,32). The Morgan fingerprint density at radius 2 is 1.37 bits per heavy atom. The molecule has 186 valence electrons. The summed E-state index contributed by atoms with van der Waals surface area (Å²) in [6.07, 6.45) is 0. The number of fused-ring (bicyclic) bond motifs is 1. The fourth-order valence-electron chi connectivity index (χ4n) is 2.92. The second kappa shape index (κ2) is 8.83. The van der Waals surface area contributed by atoms with E-state index in [2.05, 4.69) is 15.5 Å². The number of phenols is 1. The van der Waals surface area contributed by atoms with Crippen molar-refractivity contribution in [3.05, 3.63) is 42.5 Å². The molecule has 3 aromatic rings. The maximum Gasteiger partial charge on any atom is 0.316 e. The molecule has 35 heavy (non-hydrogen) atoms. The van der Waals surface area contributed by atoms with Gasteiger partial charge in [0.25, 0.3) is 30.4 Å². The molecule has 0 aliphatic heterocycles. The lowest BCUT2D eigenvalue weighted by molar-refractivity contribution is 0.259. The number of azo groups is 1. The Labute approximate surface area is 197 Å². The van der Waals surface area contributed by atoms with Crippen molar-refractivity contribution in [3.8, 4) is 5.75 Å². The molecule has 0 atom stereocenters. The summed E-state index contributed by atoms with van der Waals surface area (Å²) < 4.78 is 99.1. The summed E-state index contributed by atoms with van der Waals surface area (Å²) >= 11 is 0. The highest BCUT2D eigenvalue weighted by atomic mass is 32.2. The molecule has 0 unspecified atom stereocenters. The topological polar surface area (TPSA) is 263 Å². The van der Waals surface area contributed by atoms with Gasteiger partial charge in [-0.25, -0.2) is 4.79 Å². The van der Waals surface area contributed by atoms with E-state index in [-0.39, 0.29) is 17.1 Å². The molecular weight excluding hydrogens is 532 g/mol. The number of nitrogens with one attached hydrogen (secondary N) is 1. The number of aromatic hydroxyl groups is 1. The Morgan fingerprint density at radius 1 is 0.771 bits per heavy atom. The third-order valence-corrected chi connectivity index (χ3v) is 6.93. The Morgan fingerprint density at radius 3 is 1.91 bits per heavy atom. The van der Waals surface area contributed by atoms with Gasteiger partial charge in [-0.15, -0.1) is 10.2 Å². The maximum absolute atomic E-state index is 11.9. The molecule has 0 saturated carbocycles. The van der Waals surface area contributed by atoms with E-state index in [0.29, 0.717) is 18.2 Å². The molecule has 0 saturated heterocycles. The molecule has 18 heteroatoms. The number of phenolic OH excluding ortho intramolecular Hbond substituents is 1. The van der Waals surface area contributed by atoms with E-state index in [4.69, 9.17) is 5.73 Å². The number of hydrogen-bond donors (Lipinski definition) is 6. The number of nitrogens with zero attached hydrogens (tertiary/aromatic N) is 2. The maximum atomic E-state index is 11.9. The lowest BCUT2D eigenvalue weighted by Gasteiger charge is -2.10. The van der Waals surface area contributed by atoms with Gasteiger partial charge in [0.05, 0.1) is 10.6 Å². The monoisotopic (exact) mass is 546 g/mol. The van der Waals surface area contributed by atoms with Gasteiger partial charge >= 0.3 is 6.03 Å². The summed E-state index contributed by atoms with van der Waals surface area (Å²) in [6.45, 7) is 0. The number of amides is 2. The smallest absolute Gasteiger partial charge is 0.316 e. The highest BCUT2D eigenvalue weighted by Crippen LogP contribution is 2.37. The summed E-state index contributed by atoms with van der Waals surface area (Å²) in [5, 5.41) is 18.2. The van der Waals surface area contributed by atoms with E-state index in [1.54, 1.807) is 0 Å². The average Bonchev–Trinajstić information content (AvgIpc) is 2.69. The minimum atomic E-state index is -5.12. The first kappa shape index (κ1) is 25.9. The van der Waals surface area contributed by atoms with E-state index in [9.17, 15) is 48.8 Å². The van der Waals surface area contributed by atoms with Crippen molar-refractivity contribution in [2.24, 2.45) is 16.0 Å². The Kier molecular flexibility index (Phi) is 6.55. The van der Waals surface area contributed by atoms with Gasteiger partial charge in [0.1, 0.15) is 26.9 Å². The summed E-state index contributed by atoms with van der Waals surface area (Å²) in [5.41, 5.74) is 4.07. The van der Waals surface area contributed by atoms with Crippen LogP contribution in [0.25, 0.3) is 10.8 Å². The number of primary amides is 1. The van der Waals surface area contributed by atoms with E-state index in [1.807, 2.05) is 0 Å². The van der Waals surface area contributed by atoms with Crippen LogP contribution in [0.4, 0.5) is 21.9 Å². The number of urea groups is 1. The van der Waals surface area contributed by atoms with Crippen LogP contribution in [0.15, 0.2) is 67.4 Å². The highest BCUT2D eigenvalue weighted by Gasteiger charge is 2.24. The molecule has 0 radical (unpaired) electrons. The minimum absolute atomic E-state index is 0.146. The number of hydrogen-bond acceptors (Lipinski definition) is 10. The van der Waals surface area contributed by atoms with Gasteiger partial charge < -0.3 is 16.2 Å². The molecule has 0 bridgehead atoms. The van der Waals surface area contributed by atoms with Crippen LogP contribution in [0, 0.1) is 0 Å². The number of anilines is 1. The predicted molar refractivity (Wildman–Crippen MR) is 119 cm³/mol. The van der Waals surface area contributed by atoms with Crippen LogP contribution in [0.5, 0.6) is 5.75 Å². The van der Waals surface area contributed by atoms with Crippen LogP contribution in [0.1, 0.15) is 0 Å². The number of nitrogens with two attached hydrogens (primary N) is 1. The van der Waals surface area contributed by atoms with Gasteiger partial charge in [0, 0.05) is 11.5 Å². The second-order valence-electron chi connectivity index (χ2n) is 6.78. The predicted octanol–water partition coefficient (Wildman–Crippen LogP) is 2.19. The van der Waals surface area contributed by atoms with Gasteiger partial charge in [-0.2, -0.15) is 25.3 Å².